The normalized spacial score (nSPS) is 20.5. The van der Waals surface area contributed by atoms with Gasteiger partial charge in [0.25, 0.3) is 11.8 Å². The minimum absolute atomic E-state index is 0.0317. The molecule has 1 aromatic heterocycles. The number of fused-ring (bicyclic) bond motifs is 2. The molecule has 1 atom stereocenters. The third-order valence-corrected chi connectivity index (χ3v) is 5.57. The molecule has 1 saturated heterocycles. The zero-order valence-corrected chi connectivity index (χ0v) is 16.1. The highest BCUT2D eigenvalue weighted by Gasteiger charge is 2.47. The molecule has 1 fully saturated rings. The summed E-state index contributed by atoms with van der Waals surface area (Å²) in [6.45, 7) is 1.51. The van der Waals surface area contributed by atoms with Crippen molar-refractivity contribution in [2.45, 2.75) is 31.1 Å². The van der Waals surface area contributed by atoms with Crippen molar-refractivity contribution in [1.82, 2.24) is 19.8 Å². The Hall–Kier alpha value is -2.87. The third-order valence-electron chi connectivity index (χ3n) is 5.57. The molecule has 0 unspecified atom stereocenters. The second-order valence-electron chi connectivity index (χ2n) is 7.14. The Labute approximate surface area is 163 Å². The molecule has 2 aromatic rings. The molecule has 1 spiro atoms. The number of amides is 2. The lowest BCUT2D eigenvalue weighted by Gasteiger charge is -2.45. The van der Waals surface area contributed by atoms with Crippen LogP contribution in [0.3, 0.4) is 0 Å². The number of hydrogen-bond donors (Lipinski definition) is 1. The standard InChI is InChI=1S/C20H24N4O4/c1-21-17(25)16-13-24-11-8-22-19(24)20(28-16)6-9-23(10-7-20)18(26)14-4-3-5-15(12-14)27-2/h3-5,8,11-12,16H,6-7,9-10,13H2,1-2H3,(H,21,25)/t16-/m1/s1. The molecule has 2 aliphatic heterocycles. The molecule has 148 valence electrons. The number of methoxy groups -OCH3 is 1. The van der Waals surface area contributed by atoms with Crippen molar-refractivity contribution in [3.05, 3.63) is 48.0 Å². The maximum Gasteiger partial charge on any atom is 0.253 e. The summed E-state index contributed by atoms with van der Waals surface area (Å²) in [7, 11) is 3.19. The minimum Gasteiger partial charge on any atom is -0.497 e. The molecular weight excluding hydrogens is 360 g/mol. The molecule has 2 aliphatic rings. The summed E-state index contributed by atoms with van der Waals surface area (Å²) in [5, 5.41) is 2.66. The summed E-state index contributed by atoms with van der Waals surface area (Å²) in [6.07, 6.45) is 4.23. The zero-order chi connectivity index (χ0) is 19.7. The van der Waals surface area contributed by atoms with Crippen LogP contribution in [0.1, 0.15) is 29.0 Å². The predicted molar refractivity (Wildman–Crippen MR) is 101 cm³/mol. The van der Waals surface area contributed by atoms with E-state index in [1.807, 2.05) is 27.8 Å². The molecule has 0 radical (unpaired) electrons. The van der Waals surface area contributed by atoms with Gasteiger partial charge in [0, 0.05) is 50.9 Å². The summed E-state index contributed by atoms with van der Waals surface area (Å²) in [5.41, 5.74) is -0.0472. The second kappa shape index (κ2) is 7.27. The number of ether oxygens (including phenoxy) is 2. The Bertz CT molecular complexity index is 886. The molecule has 0 saturated carbocycles. The van der Waals surface area contributed by atoms with Gasteiger partial charge in [-0.15, -0.1) is 0 Å². The van der Waals surface area contributed by atoms with Gasteiger partial charge in [0.2, 0.25) is 0 Å². The van der Waals surface area contributed by atoms with E-state index in [1.54, 1.807) is 32.5 Å². The van der Waals surface area contributed by atoms with Crippen LogP contribution in [0, 0.1) is 0 Å². The molecule has 28 heavy (non-hydrogen) atoms. The lowest BCUT2D eigenvalue weighted by atomic mass is 9.88. The Kier molecular flexibility index (Phi) is 4.80. The van der Waals surface area contributed by atoms with Crippen molar-refractivity contribution in [1.29, 1.82) is 0 Å². The number of rotatable bonds is 3. The highest BCUT2D eigenvalue weighted by molar-refractivity contribution is 5.94. The number of imidazole rings is 1. The number of piperidine rings is 1. The lowest BCUT2D eigenvalue weighted by molar-refractivity contribution is -0.171. The molecule has 0 bridgehead atoms. The fraction of sp³-hybridized carbons (Fsp3) is 0.450. The first-order valence-corrected chi connectivity index (χ1v) is 9.41. The van der Waals surface area contributed by atoms with E-state index in [0.29, 0.717) is 43.8 Å². The highest BCUT2D eigenvalue weighted by atomic mass is 16.5. The van der Waals surface area contributed by atoms with Gasteiger partial charge < -0.3 is 24.3 Å². The van der Waals surface area contributed by atoms with E-state index in [1.165, 1.54) is 0 Å². The topological polar surface area (TPSA) is 85.7 Å². The Morgan fingerprint density at radius 3 is 2.82 bits per heavy atom. The number of carbonyl (C=O) groups excluding carboxylic acids is 2. The van der Waals surface area contributed by atoms with Crippen molar-refractivity contribution >= 4 is 11.8 Å². The first-order valence-electron chi connectivity index (χ1n) is 9.41. The number of nitrogens with one attached hydrogen (secondary N) is 1. The van der Waals surface area contributed by atoms with Gasteiger partial charge in [-0.3, -0.25) is 9.59 Å². The van der Waals surface area contributed by atoms with Gasteiger partial charge in [-0.1, -0.05) is 6.07 Å². The summed E-state index contributed by atoms with van der Waals surface area (Å²) in [5.74, 6) is 1.32. The van der Waals surface area contributed by atoms with E-state index in [-0.39, 0.29) is 11.8 Å². The van der Waals surface area contributed by atoms with Crippen LogP contribution in [0.25, 0.3) is 0 Å². The first kappa shape index (κ1) is 18.5. The van der Waals surface area contributed by atoms with Gasteiger partial charge in [-0.25, -0.2) is 4.98 Å². The molecule has 0 aliphatic carbocycles. The molecule has 1 N–H and O–H groups in total. The van der Waals surface area contributed by atoms with Gasteiger partial charge in [0.15, 0.2) is 6.10 Å². The van der Waals surface area contributed by atoms with E-state index in [9.17, 15) is 9.59 Å². The lowest BCUT2D eigenvalue weighted by Crippen LogP contribution is -2.54. The van der Waals surface area contributed by atoms with E-state index >= 15 is 0 Å². The average Bonchev–Trinajstić information content (AvgIpc) is 3.23. The molecule has 2 amide bonds. The zero-order valence-electron chi connectivity index (χ0n) is 16.1. The number of aromatic nitrogens is 2. The third kappa shape index (κ3) is 3.13. The molecular formula is C20H24N4O4. The van der Waals surface area contributed by atoms with Crippen LogP contribution in [0.4, 0.5) is 0 Å². The van der Waals surface area contributed by atoms with Crippen LogP contribution < -0.4 is 10.1 Å². The Morgan fingerprint density at radius 1 is 1.32 bits per heavy atom. The van der Waals surface area contributed by atoms with Crippen molar-refractivity contribution < 1.29 is 19.1 Å². The number of likely N-dealkylation sites (tertiary alicyclic amines) is 1. The van der Waals surface area contributed by atoms with Gasteiger partial charge in [-0.2, -0.15) is 0 Å². The fourth-order valence-electron chi connectivity index (χ4n) is 4.05. The monoisotopic (exact) mass is 384 g/mol. The van der Waals surface area contributed by atoms with Crippen LogP contribution in [0.15, 0.2) is 36.7 Å². The Balaban J connectivity index is 1.52. The van der Waals surface area contributed by atoms with E-state index in [2.05, 4.69) is 10.3 Å². The summed E-state index contributed by atoms with van der Waals surface area (Å²) >= 11 is 0. The fourth-order valence-corrected chi connectivity index (χ4v) is 4.05. The molecule has 4 rings (SSSR count). The van der Waals surface area contributed by atoms with Gasteiger partial charge in [0.1, 0.15) is 17.2 Å². The van der Waals surface area contributed by atoms with Crippen LogP contribution in [-0.4, -0.2) is 59.6 Å². The molecule has 8 nitrogen and oxygen atoms in total. The number of hydrogen-bond acceptors (Lipinski definition) is 5. The quantitative estimate of drug-likeness (QED) is 0.859. The number of likely N-dealkylation sites (N-methyl/N-ethyl adjacent to an activating group) is 1. The average molecular weight is 384 g/mol. The van der Waals surface area contributed by atoms with Crippen molar-refractivity contribution in [3.63, 3.8) is 0 Å². The van der Waals surface area contributed by atoms with Crippen molar-refractivity contribution in [2.75, 3.05) is 27.2 Å². The van der Waals surface area contributed by atoms with Gasteiger partial charge in [0.05, 0.1) is 13.7 Å². The van der Waals surface area contributed by atoms with Crippen LogP contribution in [0.2, 0.25) is 0 Å². The number of benzene rings is 1. The van der Waals surface area contributed by atoms with E-state index in [4.69, 9.17) is 9.47 Å². The number of carbonyl (C=O) groups is 2. The largest absolute Gasteiger partial charge is 0.497 e. The number of nitrogens with zero attached hydrogens (tertiary/aromatic N) is 3. The smallest absolute Gasteiger partial charge is 0.253 e. The predicted octanol–water partition coefficient (Wildman–Crippen LogP) is 1.17. The van der Waals surface area contributed by atoms with Crippen LogP contribution in [-0.2, 0) is 21.7 Å². The Morgan fingerprint density at radius 2 is 2.11 bits per heavy atom. The van der Waals surface area contributed by atoms with Crippen LogP contribution >= 0.6 is 0 Å². The summed E-state index contributed by atoms with van der Waals surface area (Å²) < 4.78 is 13.5. The first-order chi connectivity index (χ1) is 13.6. The molecule has 1 aromatic carbocycles. The maximum absolute atomic E-state index is 12.9. The van der Waals surface area contributed by atoms with Crippen molar-refractivity contribution in [3.8, 4) is 5.75 Å². The van der Waals surface area contributed by atoms with Gasteiger partial charge >= 0.3 is 0 Å². The summed E-state index contributed by atoms with van der Waals surface area (Å²) in [4.78, 5) is 31.4. The molecule has 8 heteroatoms. The van der Waals surface area contributed by atoms with Crippen molar-refractivity contribution in [2.24, 2.45) is 0 Å². The van der Waals surface area contributed by atoms with Gasteiger partial charge in [-0.05, 0) is 18.2 Å². The van der Waals surface area contributed by atoms with E-state index in [0.717, 1.165) is 5.82 Å². The van der Waals surface area contributed by atoms with Crippen LogP contribution in [0.5, 0.6) is 5.75 Å². The maximum atomic E-state index is 12.9. The molecule has 3 heterocycles. The second-order valence-corrected chi connectivity index (χ2v) is 7.14. The summed E-state index contributed by atoms with van der Waals surface area (Å²) in [6, 6.07) is 7.17. The minimum atomic E-state index is -0.649. The SMILES string of the molecule is CNC(=O)[C@H]1Cn2ccnc2C2(CCN(C(=O)c3cccc(OC)c3)CC2)O1. The highest BCUT2D eigenvalue weighted by Crippen LogP contribution is 2.40. The van der Waals surface area contributed by atoms with E-state index < -0.39 is 11.7 Å².